The third-order valence-corrected chi connectivity index (χ3v) is 4.69. The third-order valence-electron chi connectivity index (χ3n) is 4.33. The molecule has 0 unspecified atom stereocenters. The number of nitrogens with zero attached hydrogens (tertiary/aromatic N) is 1. The average Bonchev–Trinajstić information content (AvgIpc) is 2.74. The molecule has 3 rings (SSSR count). The quantitative estimate of drug-likeness (QED) is 0.645. The molecule has 2 N–H and O–H groups in total. The summed E-state index contributed by atoms with van der Waals surface area (Å²) < 4.78 is 5.61. The molecule has 2 amide bonds. The van der Waals surface area contributed by atoms with Crippen LogP contribution in [0.4, 0.5) is 17.1 Å². The number of hydrogen-bond donors (Lipinski definition) is 2. The number of hydrogen-bond acceptors (Lipinski definition) is 4. The summed E-state index contributed by atoms with van der Waals surface area (Å²) in [7, 11) is 0. The van der Waals surface area contributed by atoms with Crippen LogP contribution in [-0.2, 0) is 14.3 Å². The average molecular weight is 456 g/mol. The Morgan fingerprint density at radius 2 is 1.76 bits per heavy atom. The molecule has 1 heterocycles. The molecule has 1 aliphatic rings. The SMILES string of the molecule is C=C(Br)C(=O)Nc1cccc(/C=C/C(=O)Nc2ccc(N3CCOCC3)cc2)c1. The van der Waals surface area contributed by atoms with Crippen LogP contribution >= 0.6 is 15.9 Å². The van der Waals surface area contributed by atoms with E-state index in [-0.39, 0.29) is 16.3 Å². The Bertz CT molecular complexity index is 919. The number of halogens is 1. The standard InChI is InChI=1S/C22H22BrN3O3/c1-16(23)22(28)25-19-4-2-3-17(15-19)5-10-21(27)24-18-6-8-20(9-7-18)26-11-13-29-14-12-26/h2-10,15H,1,11-14H2,(H,24,27)(H,25,28)/b10-5+. The second kappa shape index (κ2) is 10.0. The second-order valence-corrected chi connectivity index (χ2v) is 7.41. The lowest BCUT2D eigenvalue weighted by atomic mass is 10.2. The van der Waals surface area contributed by atoms with Crippen LogP contribution in [-0.4, -0.2) is 38.1 Å². The van der Waals surface area contributed by atoms with E-state index in [1.165, 1.54) is 6.08 Å². The van der Waals surface area contributed by atoms with Gasteiger partial charge in [-0.25, -0.2) is 0 Å². The minimum absolute atomic E-state index is 0.229. The van der Waals surface area contributed by atoms with Crippen LogP contribution in [0, 0.1) is 0 Å². The van der Waals surface area contributed by atoms with Gasteiger partial charge in [0.2, 0.25) is 5.91 Å². The Morgan fingerprint density at radius 3 is 2.45 bits per heavy atom. The molecule has 1 fully saturated rings. The number of ether oxygens (including phenoxy) is 1. The van der Waals surface area contributed by atoms with Crippen LogP contribution in [0.5, 0.6) is 0 Å². The van der Waals surface area contributed by atoms with Crippen LogP contribution in [0.25, 0.3) is 6.08 Å². The highest BCUT2D eigenvalue weighted by Crippen LogP contribution is 2.19. The van der Waals surface area contributed by atoms with E-state index in [1.54, 1.807) is 24.3 Å². The van der Waals surface area contributed by atoms with Crippen LogP contribution < -0.4 is 15.5 Å². The Balaban J connectivity index is 1.57. The van der Waals surface area contributed by atoms with Crippen molar-refractivity contribution in [3.63, 3.8) is 0 Å². The normalized spacial score (nSPS) is 13.9. The van der Waals surface area contributed by atoms with E-state index < -0.39 is 0 Å². The van der Waals surface area contributed by atoms with Crippen molar-refractivity contribution in [1.82, 2.24) is 0 Å². The zero-order valence-corrected chi connectivity index (χ0v) is 17.4. The first-order valence-electron chi connectivity index (χ1n) is 9.19. The maximum atomic E-state index is 12.2. The van der Waals surface area contributed by atoms with Gasteiger partial charge in [-0.3, -0.25) is 9.59 Å². The first-order valence-corrected chi connectivity index (χ1v) is 9.98. The number of anilines is 3. The molecule has 0 radical (unpaired) electrons. The fourth-order valence-electron chi connectivity index (χ4n) is 2.85. The summed E-state index contributed by atoms with van der Waals surface area (Å²) in [6, 6.07) is 15.0. The minimum Gasteiger partial charge on any atom is -0.378 e. The fourth-order valence-corrected chi connectivity index (χ4v) is 2.95. The number of rotatable bonds is 6. The van der Waals surface area contributed by atoms with E-state index in [0.717, 1.165) is 43.2 Å². The second-order valence-electron chi connectivity index (χ2n) is 6.45. The highest BCUT2D eigenvalue weighted by Gasteiger charge is 2.11. The molecule has 0 aromatic heterocycles. The van der Waals surface area contributed by atoms with Crippen molar-refractivity contribution in [2.24, 2.45) is 0 Å². The van der Waals surface area contributed by atoms with E-state index >= 15 is 0 Å². The maximum Gasteiger partial charge on any atom is 0.262 e. The van der Waals surface area contributed by atoms with Crippen molar-refractivity contribution in [1.29, 1.82) is 0 Å². The van der Waals surface area contributed by atoms with Crippen molar-refractivity contribution < 1.29 is 14.3 Å². The Hall–Kier alpha value is -2.90. The molecule has 150 valence electrons. The Labute approximate surface area is 178 Å². The number of benzene rings is 2. The van der Waals surface area contributed by atoms with E-state index in [4.69, 9.17) is 4.74 Å². The van der Waals surface area contributed by atoms with E-state index in [0.29, 0.717) is 5.69 Å². The van der Waals surface area contributed by atoms with Crippen LogP contribution in [0.3, 0.4) is 0 Å². The van der Waals surface area contributed by atoms with Gasteiger partial charge in [0.15, 0.2) is 0 Å². The van der Waals surface area contributed by atoms with Gasteiger partial charge in [-0.05, 0) is 64.0 Å². The molecule has 1 saturated heterocycles. The summed E-state index contributed by atoms with van der Waals surface area (Å²) in [6.45, 7) is 6.75. The number of amides is 2. The van der Waals surface area contributed by atoms with Crippen molar-refractivity contribution in [2.45, 2.75) is 0 Å². The lowest BCUT2D eigenvalue weighted by molar-refractivity contribution is -0.112. The van der Waals surface area contributed by atoms with Crippen LogP contribution in [0.1, 0.15) is 5.56 Å². The smallest absolute Gasteiger partial charge is 0.262 e. The third kappa shape index (κ3) is 6.30. The molecule has 7 heteroatoms. The highest BCUT2D eigenvalue weighted by atomic mass is 79.9. The first-order chi connectivity index (χ1) is 14.0. The molecule has 0 atom stereocenters. The summed E-state index contributed by atoms with van der Waals surface area (Å²) in [5.74, 6) is -0.545. The fraction of sp³-hybridized carbons (Fsp3) is 0.182. The summed E-state index contributed by atoms with van der Waals surface area (Å²) in [4.78, 5) is 26.1. The van der Waals surface area contributed by atoms with E-state index in [9.17, 15) is 9.59 Å². The van der Waals surface area contributed by atoms with Crippen molar-refractivity contribution >= 4 is 50.9 Å². The highest BCUT2D eigenvalue weighted by molar-refractivity contribution is 9.12. The number of nitrogens with one attached hydrogen (secondary N) is 2. The molecule has 2 aromatic carbocycles. The molecule has 0 saturated carbocycles. The zero-order chi connectivity index (χ0) is 20.6. The van der Waals surface area contributed by atoms with Gasteiger partial charge >= 0.3 is 0 Å². The van der Waals surface area contributed by atoms with Gasteiger partial charge in [-0.15, -0.1) is 0 Å². The monoisotopic (exact) mass is 455 g/mol. The topological polar surface area (TPSA) is 70.7 Å². The Kier molecular flexibility index (Phi) is 7.21. The van der Waals surface area contributed by atoms with Gasteiger partial charge in [0.25, 0.3) is 5.91 Å². The number of morpholine rings is 1. The number of carbonyl (C=O) groups excluding carboxylic acids is 2. The molecule has 1 aliphatic heterocycles. The van der Waals surface area contributed by atoms with Crippen LogP contribution in [0.2, 0.25) is 0 Å². The predicted molar refractivity (Wildman–Crippen MR) is 120 cm³/mol. The number of carbonyl (C=O) groups is 2. The molecule has 0 spiro atoms. The summed E-state index contributed by atoms with van der Waals surface area (Å²) in [5, 5.41) is 5.56. The van der Waals surface area contributed by atoms with Gasteiger partial charge in [0.05, 0.1) is 17.7 Å². The van der Waals surface area contributed by atoms with Gasteiger partial charge in [-0.1, -0.05) is 18.7 Å². The minimum atomic E-state index is -0.315. The van der Waals surface area contributed by atoms with E-state index in [1.807, 2.05) is 30.3 Å². The van der Waals surface area contributed by atoms with Crippen LogP contribution in [0.15, 0.2) is 65.7 Å². The van der Waals surface area contributed by atoms with Crippen molar-refractivity contribution in [2.75, 3.05) is 41.8 Å². The van der Waals surface area contributed by atoms with Crippen molar-refractivity contribution in [3.05, 3.63) is 71.2 Å². The maximum absolute atomic E-state index is 12.2. The van der Waals surface area contributed by atoms with Gasteiger partial charge in [0.1, 0.15) is 0 Å². The van der Waals surface area contributed by atoms with E-state index in [2.05, 4.69) is 38.0 Å². The zero-order valence-electron chi connectivity index (χ0n) is 15.9. The Morgan fingerprint density at radius 1 is 1.03 bits per heavy atom. The predicted octanol–water partition coefficient (Wildman–Crippen LogP) is 4.02. The van der Waals surface area contributed by atoms with Crippen molar-refractivity contribution in [3.8, 4) is 0 Å². The summed E-state index contributed by atoms with van der Waals surface area (Å²) >= 11 is 3.04. The molecule has 0 aliphatic carbocycles. The van der Waals surface area contributed by atoms with Gasteiger partial charge in [-0.2, -0.15) is 0 Å². The molecule has 6 nitrogen and oxygen atoms in total. The first kappa shape index (κ1) is 20.8. The van der Waals surface area contributed by atoms with Gasteiger partial charge in [0, 0.05) is 36.2 Å². The molecular formula is C22H22BrN3O3. The summed E-state index contributed by atoms with van der Waals surface area (Å²) in [6.07, 6.45) is 3.15. The summed E-state index contributed by atoms with van der Waals surface area (Å²) in [5.41, 5.74) is 3.26. The lowest BCUT2D eigenvalue weighted by Crippen LogP contribution is -2.36. The molecule has 2 aromatic rings. The molecule has 0 bridgehead atoms. The molecule has 29 heavy (non-hydrogen) atoms. The molecular weight excluding hydrogens is 434 g/mol. The van der Waals surface area contributed by atoms with Gasteiger partial charge < -0.3 is 20.3 Å². The largest absolute Gasteiger partial charge is 0.378 e. The lowest BCUT2D eigenvalue weighted by Gasteiger charge is -2.28.